The van der Waals surface area contributed by atoms with Crippen LogP contribution in [0.4, 0.5) is 0 Å². The SMILES string of the molecule is CC[C@H](C)c1ccc([C@@H](C)NC(=O)C2CCN(C(C)=O)CC2)cc1. The quantitative estimate of drug-likeness (QED) is 0.896. The number of nitrogens with one attached hydrogen (secondary N) is 1. The highest BCUT2D eigenvalue weighted by Crippen LogP contribution is 2.23. The van der Waals surface area contributed by atoms with Crippen molar-refractivity contribution in [2.45, 2.75) is 58.9 Å². The molecular weight excluding hydrogens is 300 g/mol. The van der Waals surface area contributed by atoms with Crippen LogP contribution in [0.5, 0.6) is 0 Å². The maximum Gasteiger partial charge on any atom is 0.223 e. The molecule has 4 heteroatoms. The van der Waals surface area contributed by atoms with Crippen LogP contribution in [0.2, 0.25) is 0 Å². The normalized spacial score (nSPS) is 18.1. The number of benzene rings is 1. The van der Waals surface area contributed by atoms with Crippen molar-refractivity contribution in [3.05, 3.63) is 35.4 Å². The Kier molecular flexibility index (Phi) is 6.41. The van der Waals surface area contributed by atoms with E-state index in [0.717, 1.165) is 24.8 Å². The Morgan fingerprint density at radius 1 is 1.12 bits per heavy atom. The lowest BCUT2D eigenvalue weighted by atomic mass is 9.94. The molecule has 0 radical (unpaired) electrons. The molecule has 1 aliphatic heterocycles. The summed E-state index contributed by atoms with van der Waals surface area (Å²) in [5.41, 5.74) is 2.48. The van der Waals surface area contributed by atoms with Crippen molar-refractivity contribution in [2.75, 3.05) is 13.1 Å². The lowest BCUT2D eigenvalue weighted by Crippen LogP contribution is -2.42. The highest BCUT2D eigenvalue weighted by Gasteiger charge is 2.26. The monoisotopic (exact) mass is 330 g/mol. The number of piperidine rings is 1. The second kappa shape index (κ2) is 8.32. The summed E-state index contributed by atoms with van der Waals surface area (Å²) in [6.07, 6.45) is 2.64. The van der Waals surface area contributed by atoms with Crippen LogP contribution in [-0.4, -0.2) is 29.8 Å². The van der Waals surface area contributed by atoms with E-state index in [-0.39, 0.29) is 23.8 Å². The molecule has 1 saturated heterocycles. The molecule has 1 aromatic carbocycles. The van der Waals surface area contributed by atoms with Crippen LogP contribution in [0, 0.1) is 5.92 Å². The van der Waals surface area contributed by atoms with E-state index in [2.05, 4.69) is 43.4 Å². The Labute approximate surface area is 145 Å². The fraction of sp³-hybridized carbons (Fsp3) is 0.600. The number of hydrogen-bond acceptors (Lipinski definition) is 2. The minimum atomic E-state index is 0.00863. The molecule has 0 aliphatic carbocycles. The second-order valence-corrected chi connectivity index (χ2v) is 6.99. The first kappa shape index (κ1) is 18.5. The number of rotatable bonds is 5. The molecule has 1 N–H and O–H groups in total. The minimum absolute atomic E-state index is 0.00863. The molecule has 24 heavy (non-hydrogen) atoms. The van der Waals surface area contributed by atoms with Gasteiger partial charge in [0.25, 0.3) is 0 Å². The first-order chi connectivity index (χ1) is 11.4. The summed E-state index contributed by atoms with van der Waals surface area (Å²) < 4.78 is 0. The molecule has 0 spiro atoms. The summed E-state index contributed by atoms with van der Waals surface area (Å²) in [6, 6.07) is 8.57. The van der Waals surface area contributed by atoms with Gasteiger partial charge in [-0.05, 0) is 43.2 Å². The molecule has 2 atom stereocenters. The van der Waals surface area contributed by atoms with Gasteiger partial charge in [-0.1, -0.05) is 38.1 Å². The summed E-state index contributed by atoms with van der Waals surface area (Å²) >= 11 is 0. The summed E-state index contributed by atoms with van der Waals surface area (Å²) in [6.45, 7) is 9.41. The number of likely N-dealkylation sites (tertiary alicyclic amines) is 1. The van der Waals surface area contributed by atoms with E-state index in [9.17, 15) is 9.59 Å². The van der Waals surface area contributed by atoms with Gasteiger partial charge in [0.05, 0.1) is 6.04 Å². The lowest BCUT2D eigenvalue weighted by molar-refractivity contribution is -0.134. The van der Waals surface area contributed by atoms with Gasteiger partial charge in [0.15, 0.2) is 0 Å². The Bertz CT molecular complexity index is 560. The van der Waals surface area contributed by atoms with Crippen molar-refractivity contribution >= 4 is 11.8 Å². The largest absolute Gasteiger partial charge is 0.349 e. The van der Waals surface area contributed by atoms with Crippen molar-refractivity contribution < 1.29 is 9.59 Å². The molecule has 1 aliphatic rings. The van der Waals surface area contributed by atoms with Crippen LogP contribution in [0.25, 0.3) is 0 Å². The number of hydrogen-bond donors (Lipinski definition) is 1. The van der Waals surface area contributed by atoms with Gasteiger partial charge in [0, 0.05) is 25.9 Å². The zero-order valence-electron chi connectivity index (χ0n) is 15.3. The second-order valence-electron chi connectivity index (χ2n) is 6.99. The lowest BCUT2D eigenvalue weighted by Gasteiger charge is -2.31. The van der Waals surface area contributed by atoms with Gasteiger partial charge in [0.2, 0.25) is 11.8 Å². The molecule has 0 saturated carbocycles. The average molecular weight is 330 g/mol. The van der Waals surface area contributed by atoms with Gasteiger partial charge >= 0.3 is 0 Å². The van der Waals surface area contributed by atoms with Gasteiger partial charge < -0.3 is 10.2 Å². The van der Waals surface area contributed by atoms with Crippen molar-refractivity contribution in [1.82, 2.24) is 10.2 Å². The molecule has 132 valence electrons. The Hall–Kier alpha value is -1.84. The van der Waals surface area contributed by atoms with Crippen molar-refractivity contribution in [3.8, 4) is 0 Å². The van der Waals surface area contributed by atoms with E-state index in [1.807, 2.05) is 11.8 Å². The minimum Gasteiger partial charge on any atom is -0.349 e. The number of amides is 2. The van der Waals surface area contributed by atoms with E-state index < -0.39 is 0 Å². The standard InChI is InChI=1S/C20H30N2O2/c1-5-14(2)17-6-8-18(9-7-17)15(3)21-20(24)19-10-12-22(13-11-19)16(4)23/h6-9,14-15,19H,5,10-13H2,1-4H3,(H,21,24)/t14-,15+/m0/s1. The summed E-state index contributed by atoms with van der Waals surface area (Å²) in [5.74, 6) is 0.790. The van der Waals surface area contributed by atoms with Crippen LogP contribution in [0.3, 0.4) is 0 Å². The molecule has 1 heterocycles. The van der Waals surface area contributed by atoms with Gasteiger partial charge in [-0.2, -0.15) is 0 Å². The molecule has 1 aromatic rings. The fourth-order valence-electron chi connectivity index (χ4n) is 3.22. The van der Waals surface area contributed by atoms with Crippen molar-refractivity contribution in [1.29, 1.82) is 0 Å². The van der Waals surface area contributed by atoms with Gasteiger partial charge in [-0.25, -0.2) is 0 Å². The zero-order chi connectivity index (χ0) is 17.7. The molecule has 4 nitrogen and oxygen atoms in total. The fourth-order valence-corrected chi connectivity index (χ4v) is 3.22. The molecular formula is C20H30N2O2. The highest BCUT2D eigenvalue weighted by atomic mass is 16.2. The molecule has 2 rings (SSSR count). The molecule has 1 fully saturated rings. The highest BCUT2D eigenvalue weighted by molar-refractivity contribution is 5.80. The van der Waals surface area contributed by atoms with Crippen molar-refractivity contribution in [3.63, 3.8) is 0 Å². The van der Waals surface area contributed by atoms with Crippen LogP contribution in [0.15, 0.2) is 24.3 Å². The number of carbonyl (C=O) groups excluding carboxylic acids is 2. The van der Waals surface area contributed by atoms with Crippen LogP contribution in [0.1, 0.15) is 70.0 Å². The number of carbonyl (C=O) groups is 2. The molecule has 0 unspecified atom stereocenters. The Morgan fingerprint density at radius 3 is 2.17 bits per heavy atom. The first-order valence-electron chi connectivity index (χ1n) is 9.08. The van der Waals surface area contributed by atoms with Gasteiger partial charge in [-0.15, -0.1) is 0 Å². The topological polar surface area (TPSA) is 49.4 Å². The average Bonchev–Trinajstić information content (AvgIpc) is 2.61. The molecule has 2 amide bonds. The summed E-state index contributed by atoms with van der Waals surface area (Å²) in [5, 5.41) is 3.13. The summed E-state index contributed by atoms with van der Waals surface area (Å²) in [7, 11) is 0. The van der Waals surface area contributed by atoms with Crippen LogP contribution >= 0.6 is 0 Å². The predicted octanol–water partition coefficient (Wildman–Crippen LogP) is 3.64. The summed E-state index contributed by atoms with van der Waals surface area (Å²) in [4.78, 5) is 25.6. The van der Waals surface area contributed by atoms with Crippen molar-refractivity contribution in [2.24, 2.45) is 5.92 Å². The third-order valence-corrected chi connectivity index (χ3v) is 5.29. The third-order valence-electron chi connectivity index (χ3n) is 5.29. The maximum absolute atomic E-state index is 12.5. The van der Waals surface area contributed by atoms with Gasteiger partial charge in [0.1, 0.15) is 0 Å². The van der Waals surface area contributed by atoms with E-state index in [1.165, 1.54) is 5.56 Å². The van der Waals surface area contributed by atoms with E-state index in [1.54, 1.807) is 6.92 Å². The van der Waals surface area contributed by atoms with E-state index in [4.69, 9.17) is 0 Å². The predicted molar refractivity (Wildman–Crippen MR) is 96.7 cm³/mol. The Balaban J connectivity index is 1.88. The van der Waals surface area contributed by atoms with Crippen LogP contribution < -0.4 is 5.32 Å². The molecule has 0 aromatic heterocycles. The van der Waals surface area contributed by atoms with Crippen LogP contribution in [-0.2, 0) is 9.59 Å². The smallest absolute Gasteiger partial charge is 0.223 e. The van der Waals surface area contributed by atoms with E-state index in [0.29, 0.717) is 19.0 Å². The maximum atomic E-state index is 12.5. The Morgan fingerprint density at radius 2 is 1.67 bits per heavy atom. The molecule has 0 bridgehead atoms. The zero-order valence-corrected chi connectivity index (χ0v) is 15.3. The van der Waals surface area contributed by atoms with E-state index >= 15 is 0 Å². The third kappa shape index (κ3) is 4.59. The first-order valence-corrected chi connectivity index (χ1v) is 9.08. The van der Waals surface area contributed by atoms with Gasteiger partial charge in [-0.3, -0.25) is 9.59 Å². The number of nitrogens with zero attached hydrogens (tertiary/aromatic N) is 1.